The smallest absolute Gasteiger partial charge is 0.313 e. The molecule has 2 fully saturated rings. The number of morpholine rings is 1. The molecule has 1 aromatic rings. The zero-order valence-corrected chi connectivity index (χ0v) is 16.8. The molecule has 0 bridgehead atoms. The molecular weight excluding hydrogens is 384 g/mol. The summed E-state index contributed by atoms with van der Waals surface area (Å²) >= 11 is 0. The quantitative estimate of drug-likeness (QED) is 0.658. The van der Waals surface area contributed by atoms with E-state index in [1.165, 1.54) is 4.31 Å². The normalized spacial score (nSPS) is 19.4. The molecule has 1 aromatic carbocycles. The van der Waals surface area contributed by atoms with Crippen LogP contribution in [-0.2, 0) is 24.3 Å². The van der Waals surface area contributed by atoms with Crippen LogP contribution in [0.15, 0.2) is 18.2 Å². The molecule has 154 valence electrons. The molecule has 2 amide bonds. The molecule has 2 heterocycles. The van der Waals surface area contributed by atoms with Gasteiger partial charge in [0, 0.05) is 38.4 Å². The van der Waals surface area contributed by atoms with Crippen molar-refractivity contribution in [1.82, 2.24) is 10.2 Å². The highest BCUT2D eigenvalue weighted by Crippen LogP contribution is 2.27. The summed E-state index contributed by atoms with van der Waals surface area (Å²) in [6.07, 6.45) is 0.602. The van der Waals surface area contributed by atoms with E-state index in [0.29, 0.717) is 56.2 Å². The number of anilines is 2. The van der Waals surface area contributed by atoms with Crippen molar-refractivity contribution in [3.8, 4) is 0 Å². The molecule has 2 N–H and O–H groups in total. The van der Waals surface area contributed by atoms with Gasteiger partial charge >= 0.3 is 11.8 Å². The number of amides is 2. The number of rotatable bonds is 5. The lowest BCUT2D eigenvalue weighted by molar-refractivity contribution is -0.136. The fourth-order valence-electron chi connectivity index (χ4n) is 3.28. The van der Waals surface area contributed by atoms with Crippen LogP contribution in [0.3, 0.4) is 0 Å². The Morgan fingerprint density at radius 1 is 1.14 bits per heavy atom. The summed E-state index contributed by atoms with van der Waals surface area (Å²) in [6.45, 7) is 6.28. The number of ether oxygens (including phenoxy) is 1. The van der Waals surface area contributed by atoms with Gasteiger partial charge in [0.15, 0.2) is 0 Å². The van der Waals surface area contributed by atoms with E-state index in [4.69, 9.17) is 4.74 Å². The molecule has 0 aromatic heterocycles. The third kappa shape index (κ3) is 5.00. The van der Waals surface area contributed by atoms with Crippen LogP contribution in [0.5, 0.6) is 0 Å². The molecule has 28 heavy (non-hydrogen) atoms. The summed E-state index contributed by atoms with van der Waals surface area (Å²) < 4.78 is 30.7. The number of hydrogen-bond acceptors (Lipinski definition) is 6. The first kappa shape index (κ1) is 20.6. The van der Waals surface area contributed by atoms with Crippen LogP contribution < -0.4 is 14.9 Å². The molecule has 0 unspecified atom stereocenters. The van der Waals surface area contributed by atoms with Crippen molar-refractivity contribution < 1.29 is 22.7 Å². The average Bonchev–Trinajstić information content (AvgIpc) is 3.03. The highest BCUT2D eigenvalue weighted by Gasteiger charge is 2.28. The summed E-state index contributed by atoms with van der Waals surface area (Å²) in [6, 6.07) is 4.97. The molecule has 0 spiro atoms. The maximum Gasteiger partial charge on any atom is 0.313 e. The largest absolute Gasteiger partial charge is 0.379 e. The maximum absolute atomic E-state index is 12.1. The third-order valence-electron chi connectivity index (χ3n) is 4.87. The summed E-state index contributed by atoms with van der Waals surface area (Å²) in [5.74, 6) is -1.29. The van der Waals surface area contributed by atoms with Gasteiger partial charge in [-0.3, -0.25) is 18.8 Å². The Morgan fingerprint density at radius 2 is 1.89 bits per heavy atom. The number of hydrogen-bond donors (Lipinski definition) is 2. The van der Waals surface area contributed by atoms with Crippen LogP contribution in [0.2, 0.25) is 0 Å². The van der Waals surface area contributed by atoms with Crippen LogP contribution >= 0.6 is 0 Å². The minimum absolute atomic E-state index is 0.148. The SMILES string of the molecule is Cc1cc(N2CCCS2(=O)=O)ccc1NC(=O)C(=O)NCCN1CCOCC1. The van der Waals surface area contributed by atoms with E-state index in [1.54, 1.807) is 25.1 Å². The Labute approximate surface area is 165 Å². The second-order valence-corrected chi connectivity index (χ2v) is 8.92. The van der Waals surface area contributed by atoms with Gasteiger partial charge in [0.1, 0.15) is 0 Å². The first-order valence-electron chi connectivity index (χ1n) is 9.37. The second kappa shape index (κ2) is 8.89. The predicted octanol–water partition coefficient (Wildman–Crippen LogP) is -0.0782. The molecule has 3 rings (SSSR count). The fraction of sp³-hybridized carbons (Fsp3) is 0.556. The van der Waals surface area contributed by atoms with Crippen molar-refractivity contribution in [2.24, 2.45) is 0 Å². The number of nitrogens with one attached hydrogen (secondary N) is 2. The van der Waals surface area contributed by atoms with Gasteiger partial charge in [0.05, 0.1) is 24.7 Å². The van der Waals surface area contributed by atoms with E-state index in [-0.39, 0.29) is 5.75 Å². The Bertz CT molecular complexity index is 836. The lowest BCUT2D eigenvalue weighted by Gasteiger charge is -2.26. The van der Waals surface area contributed by atoms with Gasteiger partial charge in [-0.2, -0.15) is 0 Å². The van der Waals surface area contributed by atoms with Crippen molar-refractivity contribution in [3.05, 3.63) is 23.8 Å². The molecule has 2 saturated heterocycles. The molecule has 2 aliphatic rings. The van der Waals surface area contributed by atoms with Crippen molar-refractivity contribution in [3.63, 3.8) is 0 Å². The van der Waals surface area contributed by atoms with Crippen LogP contribution in [-0.4, -0.2) is 76.8 Å². The Balaban J connectivity index is 1.52. The van der Waals surface area contributed by atoms with Gasteiger partial charge in [-0.15, -0.1) is 0 Å². The van der Waals surface area contributed by atoms with E-state index in [9.17, 15) is 18.0 Å². The van der Waals surface area contributed by atoms with Gasteiger partial charge in [-0.05, 0) is 37.1 Å². The topological polar surface area (TPSA) is 108 Å². The number of carbonyl (C=O) groups is 2. The highest BCUT2D eigenvalue weighted by molar-refractivity contribution is 7.93. The van der Waals surface area contributed by atoms with Crippen LogP contribution in [0.1, 0.15) is 12.0 Å². The summed E-state index contributed by atoms with van der Waals surface area (Å²) in [5.41, 5.74) is 1.74. The van der Waals surface area contributed by atoms with Gasteiger partial charge in [-0.1, -0.05) is 0 Å². The van der Waals surface area contributed by atoms with Crippen LogP contribution in [0.4, 0.5) is 11.4 Å². The van der Waals surface area contributed by atoms with E-state index in [2.05, 4.69) is 15.5 Å². The zero-order chi connectivity index (χ0) is 20.1. The molecule has 0 aliphatic carbocycles. The molecule has 9 nitrogen and oxygen atoms in total. The number of carbonyl (C=O) groups excluding carboxylic acids is 2. The van der Waals surface area contributed by atoms with Crippen molar-refractivity contribution in [2.75, 3.05) is 61.3 Å². The molecule has 0 radical (unpaired) electrons. The van der Waals surface area contributed by atoms with Crippen molar-refractivity contribution in [2.45, 2.75) is 13.3 Å². The van der Waals surface area contributed by atoms with E-state index in [0.717, 1.165) is 13.1 Å². The Morgan fingerprint density at radius 3 is 2.54 bits per heavy atom. The summed E-state index contributed by atoms with van der Waals surface area (Å²) in [5, 5.41) is 5.20. The molecular formula is C18H26N4O5S. The van der Waals surface area contributed by atoms with Crippen molar-refractivity contribution >= 4 is 33.2 Å². The number of aryl methyl sites for hydroxylation is 1. The minimum atomic E-state index is -3.26. The number of sulfonamides is 1. The molecule has 0 saturated carbocycles. The third-order valence-corrected chi connectivity index (χ3v) is 6.74. The number of benzene rings is 1. The van der Waals surface area contributed by atoms with Crippen LogP contribution in [0, 0.1) is 6.92 Å². The van der Waals surface area contributed by atoms with Crippen LogP contribution in [0.25, 0.3) is 0 Å². The monoisotopic (exact) mass is 410 g/mol. The lowest BCUT2D eigenvalue weighted by Crippen LogP contribution is -2.43. The standard InChI is InChI=1S/C18H26N4O5S/c1-14-13-15(22-6-2-12-28(22,25)26)3-4-16(14)20-18(24)17(23)19-5-7-21-8-10-27-11-9-21/h3-4,13H,2,5-12H2,1H3,(H,19,23)(H,20,24). The molecule has 10 heteroatoms. The minimum Gasteiger partial charge on any atom is -0.379 e. The summed E-state index contributed by atoms with van der Waals surface area (Å²) in [7, 11) is -3.26. The molecule has 0 atom stereocenters. The second-order valence-electron chi connectivity index (χ2n) is 6.90. The maximum atomic E-state index is 12.1. The van der Waals surface area contributed by atoms with E-state index in [1.807, 2.05) is 0 Å². The van der Waals surface area contributed by atoms with E-state index < -0.39 is 21.8 Å². The average molecular weight is 410 g/mol. The fourth-order valence-corrected chi connectivity index (χ4v) is 4.84. The molecule has 2 aliphatic heterocycles. The Hall–Kier alpha value is -2.17. The first-order valence-corrected chi connectivity index (χ1v) is 11.0. The van der Waals surface area contributed by atoms with Gasteiger partial charge in [0.25, 0.3) is 0 Å². The van der Waals surface area contributed by atoms with Gasteiger partial charge < -0.3 is 15.4 Å². The van der Waals surface area contributed by atoms with Crippen molar-refractivity contribution in [1.29, 1.82) is 0 Å². The Kier molecular flexibility index (Phi) is 6.53. The zero-order valence-electron chi connectivity index (χ0n) is 15.9. The first-order chi connectivity index (χ1) is 13.4. The lowest BCUT2D eigenvalue weighted by atomic mass is 10.1. The highest BCUT2D eigenvalue weighted by atomic mass is 32.2. The number of nitrogens with zero attached hydrogens (tertiary/aromatic N) is 2. The van der Waals surface area contributed by atoms with Gasteiger partial charge in [0.2, 0.25) is 10.0 Å². The van der Waals surface area contributed by atoms with Gasteiger partial charge in [-0.25, -0.2) is 8.42 Å². The summed E-state index contributed by atoms with van der Waals surface area (Å²) in [4.78, 5) is 26.3. The van der Waals surface area contributed by atoms with E-state index >= 15 is 0 Å². The predicted molar refractivity (Wildman–Crippen MR) is 106 cm³/mol.